The number of hydrogen-bond acceptors (Lipinski definition) is 6. The van der Waals surface area contributed by atoms with Gasteiger partial charge in [-0.3, -0.25) is 0 Å². The Morgan fingerprint density at radius 3 is 2.29 bits per heavy atom. The number of hydrogen-bond donors (Lipinski definition) is 2. The minimum absolute atomic E-state index is 0.257. The Kier molecular flexibility index (Phi) is 13.3. The SMILES string of the molecule is CC.CC.Cc1cc(C#CC(C)(O)c2nccs2)ccc1F.Cc1nc(N)ncc1Cl. The monoisotopic (exact) mass is 464 g/mol. The molecule has 1 unspecified atom stereocenters. The summed E-state index contributed by atoms with van der Waals surface area (Å²) in [6.45, 7) is 13.1. The molecule has 1 aromatic carbocycles. The van der Waals surface area contributed by atoms with Gasteiger partial charge >= 0.3 is 0 Å². The molecule has 31 heavy (non-hydrogen) atoms. The summed E-state index contributed by atoms with van der Waals surface area (Å²) in [6, 6.07) is 4.62. The summed E-state index contributed by atoms with van der Waals surface area (Å²) < 4.78 is 13.1. The predicted molar refractivity (Wildman–Crippen MR) is 129 cm³/mol. The topological polar surface area (TPSA) is 84.9 Å². The largest absolute Gasteiger partial charge is 0.371 e. The van der Waals surface area contributed by atoms with Crippen LogP contribution in [0.25, 0.3) is 0 Å². The molecule has 0 saturated heterocycles. The molecule has 0 aliphatic rings. The van der Waals surface area contributed by atoms with E-state index in [-0.39, 0.29) is 11.8 Å². The van der Waals surface area contributed by atoms with Gasteiger partial charge in [-0.1, -0.05) is 51.1 Å². The molecule has 0 bridgehead atoms. The summed E-state index contributed by atoms with van der Waals surface area (Å²) in [6.07, 6.45) is 3.11. The number of benzene rings is 1. The first-order valence-corrected chi connectivity index (χ1v) is 11.1. The molecule has 3 N–H and O–H groups in total. The van der Waals surface area contributed by atoms with Crippen molar-refractivity contribution in [2.45, 2.75) is 54.1 Å². The van der Waals surface area contributed by atoms with Crippen LogP contribution in [0.2, 0.25) is 5.02 Å². The van der Waals surface area contributed by atoms with Crippen LogP contribution in [-0.2, 0) is 5.60 Å². The van der Waals surface area contributed by atoms with Gasteiger partial charge in [-0.25, -0.2) is 19.3 Å². The van der Waals surface area contributed by atoms with E-state index in [1.165, 1.54) is 23.6 Å². The van der Waals surface area contributed by atoms with Crippen molar-refractivity contribution in [2.75, 3.05) is 5.73 Å². The highest BCUT2D eigenvalue weighted by Gasteiger charge is 2.22. The van der Waals surface area contributed by atoms with E-state index < -0.39 is 5.60 Å². The lowest BCUT2D eigenvalue weighted by Gasteiger charge is -2.11. The summed E-state index contributed by atoms with van der Waals surface area (Å²) in [5.41, 5.74) is 5.89. The number of nitrogens with zero attached hydrogens (tertiary/aromatic N) is 3. The summed E-state index contributed by atoms with van der Waals surface area (Å²) in [4.78, 5) is 11.5. The fraction of sp³-hybridized carbons (Fsp3) is 0.348. The first-order valence-electron chi connectivity index (χ1n) is 9.85. The Labute approximate surface area is 193 Å². The molecule has 168 valence electrons. The molecular formula is C23H30ClFN4OS. The zero-order valence-corrected chi connectivity index (χ0v) is 20.6. The van der Waals surface area contributed by atoms with E-state index in [1.807, 2.05) is 27.7 Å². The molecule has 2 aromatic heterocycles. The number of nitrogens with two attached hydrogens (primary N) is 1. The molecule has 0 fully saturated rings. The van der Waals surface area contributed by atoms with Crippen molar-refractivity contribution in [2.24, 2.45) is 0 Å². The summed E-state index contributed by atoms with van der Waals surface area (Å²) in [5, 5.41) is 13.0. The molecule has 5 nitrogen and oxygen atoms in total. The van der Waals surface area contributed by atoms with Crippen LogP contribution in [0, 0.1) is 31.5 Å². The van der Waals surface area contributed by atoms with E-state index in [1.54, 1.807) is 44.5 Å². The van der Waals surface area contributed by atoms with Gasteiger partial charge in [-0.05, 0) is 44.5 Å². The number of thiazole rings is 1. The number of anilines is 1. The van der Waals surface area contributed by atoms with Crippen LogP contribution in [0.5, 0.6) is 0 Å². The second-order valence-electron chi connectivity index (χ2n) is 5.78. The fourth-order valence-corrected chi connectivity index (χ4v) is 2.65. The zero-order valence-electron chi connectivity index (χ0n) is 19.0. The third kappa shape index (κ3) is 9.88. The van der Waals surface area contributed by atoms with Gasteiger partial charge in [0.25, 0.3) is 0 Å². The third-order valence-corrected chi connectivity index (χ3v) is 4.75. The lowest BCUT2D eigenvalue weighted by molar-refractivity contribution is 0.122. The maximum Gasteiger partial charge on any atom is 0.220 e. The van der Waals surface area contributed by atoms with Gasteiger partial charge in [0.05, 0.1) is 16.9 Å². The van der Waals surface area contributed by atoms with Crippen LogP contribution >= 0.6 is 22.9 Å². The van der Waals surface area contributed by atoms with Gasteiger partial charge in [0.1, 0.15) is 10.8 Å². The van der Waals surface area contributed by atoms with Gasteiger partial charge < -0.3 is 10.8 Å². The molecule has 3 rings (SSSR count). The van der Waals surface area contributed by atoms with E-state index in [0.717, 1.165) is 0 Å². The van der Waals surface area contributed by atoms with E-state index in [2.05, 4.69) is 26.8 Å². The highest BCUT2D eigenvalue weighted by Crippen LogP contribution is 2.21. The van der Waals surface area contributed by atoms with E-state index >= 15 is 0 Å². The van der Waals surface area contributed by atoms with Crippen LogP contribution in [0.1, 0.15) is 56.4 Å². The Hall–Kier alpha value is -2.53. The summed E-state index contributed by atoms with van der Waals surface area (Å²) in [7, 11) is 0. The Morgan fingerprint density at radius 1 is 1.16 bits per heavy atom. The number of aromatic nitrogens is 3. The molecule has 3 aromatic rings. The van der Waals surface area contributed by atoms with Crippen molar-refractivity contribution in [3.05, 3.63) is 68.6 Å². The molecular weight excluding hydrogens is 435 g/mol. The summed E-state index contributed by atoms with van der Waals surface area (Å²) in [5.74, 6) is 5.60. The maximum atomic E-state index is 13.1. The number of nitrogen functional groups attached to an aromatic ring is 1. The first-order chi connectivity index (χ1) is 14.7. The average molecular weight is 465 g/mol. The zero-order chi connectivity index (χ0) is 24.0. The smallest absolute Gasteiger partial charge is 0.220 e. The number of rotatable bonds is 1. The normalized spacial score (nSPS) is 11.0. The van der Waals surface area contributed by atoms with E-state index in [4.69, 9.17) is 17.3 Å². The van der Waals surface area contributed by atoms with Gasteiger partial charge in [-0.2, -0.15) is 0 Å². The Bertz CT molecular complexity index is 983. The highest BCUT2D eigenvalue weighted by atomic mass is 35.5. The molecule has 8 heteroatoms. The Morgan fingerprint density at radius 2 is 1.81 bits per heavy atom. The molecule has 0 aliphatic carbocycles. The van der Waals surface area contributed by atoms with E-state index in [9.17, 15) is 9.50 Å². The molecule has 2 heterocycles. The maximum absolute atomic E-state index is 13.1. The molecule has 0 spiro atoms. The number of aryl methyl sites for hydroxylation is 2. The standard InChI is InChI=1S/C14H12FNOS.C5H6ClN3.2C2H6/c1-10-9-11(3-4-12(10)15)5-6-14(2,17)13-16-7-8-18-13;1-3-4(6)2-8-5(7)9-3;2*1-2/h3-4,7-9,17H,1-2H3;2H,1H3,(H2,7,8,9);2*1-2H3. The first kappa shape index (κ1) is 28.5. The molecule has 0 radical (unpaired) electrons. The van der Waals surface area contributed by atoms with Crippen LogP contribution in [0.4, 0.5) is 10.3 Å². The second kappa shape index (κ2) is 14.5. The van der Waals surface area contributed by atoms with Gasteiger partial charge in [0, 0.05) is 17.1 Å². The van der Waals surface area contributed by atoms with Crippen molar-refractivity contribution >= 4 is 28.9 Å². The minimum atomic E-state index is -1.28. The molecule has 0 amide bonds. The van der Waals surface area contributed by atoms with Crippen molar-refractivity contribution < 1.29 is 9.50 Å². The van der Waals surface area contributed by atoms with Crippen LogP contribution < -0.4 is 5.73 Å². The van der Waals surface area contributed by atoms with Gasteiger partial charge in [0.2, 0.25) is 5.95 Å². The lowest BCUT2D eigenvalue weighted by atomic mass is 10.1. The van der Waals surface area contributed by atoms with Crippen molar-refractivity contribution in [1.29, 1.82) is 0 Å². The average Bonchev–Trinajstić information content (AvgIpc) is 3.31. The quantitative estimate of drug-likeness (QED) is 0.436. The highest BCUT2D eigenvalue weighted by molar-refractivity contribution is 7.09. The molecule has 0 aliphatic heterocycles. The Balaban J connectivity index is 0.000000582. The second-order valence-corrected chi connectivity index (χ2v) is 7.09. The fourth-order valence-electron chi connectivity index (χ4n) is 1.90. The third-order valence-electron chi connectivity index (χ3n) is 3.40. The van der Waals surface area contributed by atoms with Crippen LogP contribution in [0.3, 0.4) is 0 Å². The lowest BCUT2D eigenvalue weighted by Crippen LogP contribution is -2.17. The van der Waals surface area contributed by atoms with Crippen molar-refractivity contribution in [1.82, 2.24) is 15.0 Å². The predicted octanol–water partition coefficient (Wildman–Crippen LogP) is 5.92. The van der Waals surface area contributed by atoms with Crippen LogP contribution in [-0.4, -0.2) is 20.1 Å². The van der Waals surface area contributed by atoms with Gasteiger partial charge in [-0.15, -0.1) is 11.3 Å². The van der Waals surface area contributed by atoms with Crippen molar-refractivity contribution in [3.8, 4) is 11.8 Å². The minimum Gasteiger partial charge on any atom is -0.371 e. The molecule has 0 saturated carbocycles. The molecule has 1 atom stereocenters. The van der Waals surface area contributed by atoms with E-state index in [0.29, 0.717) is 26.9 Å². The number of halogens is 2. The summed E-state index contributed by atoms with van der Waals surface area (Å²) >= 11 is 6.95. The van der Waals surface area contributed by atoms with Gasteiger partial charge in [0.15, 0.2) is 5.60 Å². The van der Waals surface area contributed by atoms with Crippen LogP contribution in [0.15, 0.2) is 36.0 Å². The number of aliphatic hydroxyl groups is 1. The van der Waals surface area contributed by atoms with Crippen molar-refractivity contribution in [3.63, 3.8) is 0 Å².